The fraction of sp³-hybridized carbons (Fsp3) is 0.400. The monoisotopic (exact) mass is 378 g/mol. The highest BCUT2D eigenvalue weighted by molar-refractivity contribution is 6.03. The maximum absolute atomic E-state index is 13.9. The van der Waals surface area contributed by atoms with Gasteiger partial charge in [0, 0.05) is 23.4 Å². The summed E-state index contributed by atoms with van der Waals surface area (Å²) in [6.45, 7) is 8.68. The van der Waals surface area contributed by atoms with Gasteiger partial charge in [-0.15, -0.1) is 0 Å². The van der Waals surface area contributed by atoms with E-state index in [0.29, 0.717) is 22.5 Å². The van der Waals surface area contributed by atoms with Crippen molar-refractivity contribution in [2.24, 2.45) is 0 Å². The van der Waals surface area contributed by atoms with Crippen LogP contribution < -0.4 is 5.32 Å². The van der Waals surface area contributed by atoms with E-state index in [1.54, 1.807) is 34.6 Å². The SMILES string of the molecule is CCOC(=O)c1c(C)[nH]c(C(=O)[C@@H](C)N[C@@H](C)c2ccc(F)cc2F)c1C. The number of Topliss-reactive ketones (excluding diaryl/α,β-unsaturated/α-hetero) is 1. The number of rotatable bonds is 7. The minimum atomic E-state index is -0.675. The lowest BCUT2D eigenvalue weighted by atomic mass is 10.0. The molecule has 2 aromatic rings. The normalized spacial score (nSPS) is 13.3. The molecule has 0 spiro atoms. The van der Waals surface area contributed by atoms with E-state index in [4.69, 9.17) is 4.74 Å². The van der Waals surface area contributed by atoms with Crippen LogP contribution in [0.25, 0.3) is 0 Å². The standard InChI is InChI=1S/C20H24F2N2O3/c1-6-27-20(26)17-10(2)18(24-12(17)4)19(25)13(5)23-11(3)15-8-7-14(21)9-16(15)22/h7-9,11,13,23-24H,6H2,1-5H3/t11-,13+/m0/s1. The minimum absolute atomic E-state index is 0.241. The summed E-state index contributed by atoms with van der Waals surface area (Å²) in [4.78, 5) is 27.8. The number of nitrogens with one attached hydrogen (secondary N) is 2. The number of H-pyrrole nitrogens is 1. The summed E-state index contributed by atoms with van der Waals surface area (Å²) in [5, 5.41) is 3.02. The highest BCUT2D eigenvalue weighted by atomic mass is 19.1. The number of halogens is 2. The zero-order valence-electron chi connectivity index (χ0n) is 16.1. The molecule has 2 N–H and O–H groups in total. The van der Waals surface area contributed by atoms with Gasteiger partial charge in [-0.3, -0.25) is 4.79 Å². The maximum Gasteiger partial charge on any atom is 0.340 e. The van der Waals surface area contributed by atoms with Gasteiger partial charge in [0.2, 0.25) is 0 Å². The first-order chi connectivity index (χ1) is 12.7. The van der Waals surface area contributed by atoms with Gasteiger partial charge >= 0.3 is 5.97 Å². The molecule has 0 fully saturated rings. The lowest BCUT2D eigenvalue weighted by molar-refractivity contribution is 0.0525. The Hall–Kier alpha value is -2.54. The second kappa shape index (κ2) is 8.43. The number of ether oxygens (including phenoxy) is 1. The molecule has 1 aromatic heterocycles. The van der Waals surface area contributed by atoms with Crippen LogP contribution in [0.2, 0.25) is 0 Å². The van der Waals surface area contributed by atoms with Gasteiger partial charge in [0.1, 0.15) is 11.6 Å². The van der Waals surface area contributed by atoms with Crippen LogP contribution in [0.3, 0.4) is 0 Å². The minimum Gasteiger partial charge on any atom is -0.462 e. The summed E-state index contributed by atoms with van der Waals surface area (Å²) in [6, 6.07) is 2.17. The van der Waals surface area contributed by atoms with Crippen molar-refractivity contribution in [2.75, 3.05) is 6.61 Å². The molecule has 0 aliphatic rings. The van der Waals surface area contributed by atoms with Gasteiger partial charge in [-0.1, -0.05) is 6.07 Å². The van der Waals surface area contributed by atoms with Crippen molar-refractivity contribution in [3.63, 3.8) is 0 Å². The van der Waals surface area contributed by atoms with Gasteiger partial charge in [-0.05, 0) is 46.2 Å². The Morgan fingerprint density at radius 2 is 1.89 bits per heavy atom. The fourth-order valence-corrected chi connectivity index (χ4v) is 3.12. The van der Waals surface area contributed by atoms with Crippen molar-refractivity contribution in [1.82, 2.24) is 10.3 Å². The Morgan fingerprint density at radius 1 is 1.22 bits per heavy atom. The third-order valence-electron chi connectivity index (χ3n) is 4.49. The molecule has 2 atom stereocenters. The molecule has 2 rings (SSSR count). The predicted molar refractivity (Wildman–Crippen MR) is 97.9 cm³/mol. The van der Waals surface area contributed by atoms with E-state index in [9.17, 15) is 18.4 Å². The molecule has 0 unspecified atom stereocenters. The summed E-state index contributed by atoms with van der Waals surface area (Å²) in [5.74, 6) is -2.08. The van der Waals surface area contributed by atoms with Gasteiger partial charge in [-0.25, -0.2) is 13.6 Å². The molecule has 0 saturated heterocycles. The number of aromatic nitrogens is 1. The molecule has 7 heteroatoms. The summed E-state index contributed by atoms with van der Waals surface area (Å²) < 4.78 is 32.0. The number of esters is 1. The Bertz CT molecular complexity index is 861. The first-order valence-corrected chi connectivity index (χ1v) is 8.78. The number of aromatic amines is 1. The Labute approximate surface area is 157 Å². The summed E-state index contributed by atoms with van der Waals surface area (Å²) >= 11 is 0. The van der Waals surface area contributed by atoms with Crippen molar-refractivity contribution >= 4 is 11.8 Å². The number of benzene rings is 1. The number of ketones is 1. The smallest absolute Gasteiger partial charge is 0.340 e. The van der Waals surface area contributed by atoms with Crippen LogP contribution in [0, 0.1) is 25.5 Å². The second-order valence-electron chi connectivity index (χ2n) is 6.49. The molecule has 0 saturated carbocycles. The van der Waals surface area contributed by atoms with Crippen molar-refractivity contribution < 1.29 is 23.1 Å². The highest BCUT2D eigenvalue weighted by Gasteiger charge is 2.26. The van der Waals surface area contributed by atoms with Crippen LogP contribution in [-0.4, -0.2) is 29.4 Å². The van der Waals surface area contributed by atoms with E-state index in [-0.39, 0.29) is 18.0 Å². The average molecular weight is 378 g/mol. The highest BCUT2D eigenvalue weighted by Crippen LogP contribution is 2.22. The van der Waals surface area contributed by atoms with E-state index < -0.39 is 29.7 Å². The number of carbonyl (C=O) groups excluding carboxylic acids is 2. The molecular weight excluding hydrogens is 354 g/mol. The van der Waals surface area contributed by atoms with Gasteiger partial charge in [0.15, 0.2) is 5.78 Å². The lowest BCUT2D eigenvalue weighted by Crippen LogP contribution is -2.36. The van der Waals surface area contributed by atoms with E-state index in [1.807, 2.05) is 0 Å². The predicted octanol–water partition coefficient (Wildman–Crippen LogP) is 4.01. The zero-order chi connectivity index (χ0) is 20.3. The first kappa shape index (κ1) is 20.8. The number of hydrogen-bond acceptors (Lipinski definition) is 4. The molecule has 1 aromatic carbocycles. The maximum atomic E-state index is 13.9. The third-order valence-corrected chi connectivity index (χ3v) is 4.49. The zero-order valence-corrected chi connectivity index (χ0v) is 16.1. The Kier molecular flexibility index (Phi) is 6.49. The Morgan fingerprint density at radius 3 is 2.48 bits per heavy atom. The average Bonchev–Trinajstić information content (AvgIpc) is 2.88. The largest absolute Gasteiger partial charge is 0.462 e. The Balaban J connectivity index is 2.20. The summed E-state index contributed by atoms with van der Waals surface area (Å²) in [7, 11) is 0. The molecule has 0 aliphatic carbocycles. The molecule has 27 heavy (non-hydrogen) atoms. The van der Waals surface area contributed by atoms with Crippen LogP contribution in [0.15, 0.2) is 18.2 Å². The van der Waals surface area contributed by atoms with Crippen molar-refractivity contribution in [2.45, 2.75) is 46.7 Å². The summed E-state index contributed by atoms with van der Waals surface area (Å²) in [5.41, 5.74) is 2.00. The molecule has 0 bridgehead atoms. The van der Waals surface area contributed by atoms with E-state index in [0.717, 1.165) is 6.07 Å². The van der Waals surface area contributed by atoms with Crippen molar-refractivity contribution in [1.29, 1.82) is 0 Å². The van der Waals surface area contributed by atoms with Crippen LogP contribution in [0.4, 0.5) is 8.78 Å². The van der Waals surface area contributed by atoms with Crippen molar-refractivity contribution in [3.05, 3.63) is 57.9 Å². The molecule has 1 heterocycles. The molecule has 5 nitrogen and oxygen atoms in total. The lowest BCUT2D eigenvalue weighted by Gasteiger charge is -2.20. The van der Waals surface area contributed by atoms with E-state index >= 15 is 0 Å². The van der Waals surface area contributed by atoms with Crippen LogP contribution in [0.1, 0.15) is 64.5 Å². The number of hydrogen-bond donors (Lipinski definition) is 2. The van der Waals surface area contributed by atoms with Crippen LogP contribution in [-0.2, 0) is 4.74 Å². The molecule has 0 radical (unpaired) electrons. The molecule has 0 aliphatic heterocycles. The number of carbonyl (C=O) groups is 2. The quantitative estimate of drug-likeness (QED) is 0.564. The van der Waals surface area contributed by atoms with Gasteiger partial charge in [-0.2, -0.15) is 0 Å². The van der Waals surface area contributed by atoms with Gasteiger partial charge in [0.25, 0.3) is 0 Å². The number of aryl methyl sites for hydroxylation is 1. The molecular formula is C20H24F2N2O3. The van der Waals surface area contributed by atoms with E-state index in [2.05, 4.69) is 10.3 Å². The fourth-order valence-electron chi connectivity index (χ4n) is 3.12. The second-order valence-corrected chi connectivity index (χ2v) is 6.49. The first-order valence-electron chi connectivity index (χ1n) is 8.78. The van der Waals surface area contributed by atoms with Crippen molar-refractivity contribution in [3.8, 4) is 0 Å². The van der Waals surface area contributed by atoms with Crippen LogP contribution in [0.5, 0.6) is 0 Å². The topological polar surface area (TPSA) is 71.2 Å². The van der Waals surface area contributed by atoms with Gasteiger partial charge in [0.05, 0.1) is 23.9 Å². The molecule has 0 amide bonds. The van der Waals surface area contributed by atoms with Gasteiger partial charge < -0.3 is 15.0 Å². The molecule has 146 valence electrons. The van der Waals surface area contributed by atoms with Crippen LogP contribution >= 0.6 is 0 Å². The summed E-state index contributed by atoms with van der Waals surface area (Å²) in [6.07, 6.45) is 0. The third kappa shape index (κ3) is 4.42. The van der Waals surface area contributed by atoms with E-state index in [1.165, 1.54) is 12.1 Å².